The summed E-state index contributed by atoms with van der Waals surface area (Å²) in [7, 11) is 1.62. The molecule has 1 aromatic carbocycles. The molecule has 0 aliphatic heterocycles. The number of carbonyl (C=O) groups is 1. The van der Waals surface area contributed by atoms with Crippen molar-refractivity contribution in [2.75, 3.05) is 44.5 Å². The van der Waals surface area contributed by atoms with E-state index < -0.39 is 5.97 Å². The lowest BCUT2D eigenvalue weighted by atomic mass is 10.1. The van der Waals surface area contributed by atoms with Crippen LogP contribution in [0.4, 0.5) is 11.4 Å². The lowest BCUT2D eigenvalue weighted by Gasteiger charge is -2.09. The molecular weight excluding hydrogens is 236 g/mol. The number of benzene rings is 1. The number of anilines is 2. The van der Waals surface area contributed by atoms with E-state index in [9.17, 15) is 4.79 Å². The quantitative estimate of drug-likeness (QED) is 0.474. The summed E-state index contributed by atoms with van der Waals surface area (Å²) < 4.78 is 10.1. The second-order valence-electron chi connectivity index (χ2n) is 3.64. The van der Waals surface area contributed by atoms with Crippen LogP contribution in [0.15, 0.2) is 18.2 Å². The molecule has 0 unspecified atom stereocenters. The largest absolute Gasteiger partial charge is 0.478 e. The molecule has 0 aliphatic carbocycles. The molecule has 1 rings (SSSR count). The average Bonchev–Trinajstić information content (AvgIpc) is 2.33. The molecule has 0 spiro atoms. The third-order valence-corrected chi connectivity index (χ3v) is 2.29. The first-order chi connectivity index (χ1) is 8.65. The predicted molar refractivity (Wildman–Crippen MR) is 69.0 cm³/mol. The Morgan fingerprint density at radius 1 is 1.39 bits per heavy atom. The molecule has 100 valence electrons. The Morgan fingerprint density at radius 3 is 2.78 bits per heavy atom. The summed E-state index contributed by atoms with van der Waals surface area (Å²) in [6.45, 7) is 2.29. The number of nitrogens with one attached hydrogen (secondary N) is 1. The van der Waals surface area contributed by atoms with Crippen LogP contribution >= 0.6 is 0 Å². The zero-order valence-corrected chi connectivity index (χ0v) is 10.3. The van der Waals surface area contributed by atoms with Gasteiger partial charge < -0.3 is 25.6 Å². The van der Waals surface area contributed by atoms with Crippen LogP contribution in [0.25, 0.3) is 0 Å². The first-order valence-corrected chi connectivity index (χ1v) is 5.58. The molecule has 0 saturated carbocycles. The summed E-state index contributed by atoms with van der Waals surface area (Å²) in [5.41, 5.74) is 6.75. The number of carboxylic acid groups (broad SMARTS) is 1. The summed E-state index contributed by atoms with van der Waals surface area (Å²) in [5, 5.41) is 11.9. The normalized spacial score (nSPS) is 10.3. The molecule has 0 aromatic heterocycles. The third-order valence-electron chi connectivity index (χ3n) is 2.29. The van der Waals surface area contributed by atoms with Gasteiger partial charge in [0.05, 0.1) is 25.4 Å². The molecule has 0 radical (unpaired) electrons. The number of rotatable bonds is 8. The maximum Gasteiger partial charge on any atom is 0.337 e. The fourth-order valence-electron chi connectivity index (χ4n) is 1.38. The van der Waals surface area contributed by atoms with Gasteiger partial charge in [0.25, 0.3) is 0 Å². The molecule has 6 heteroatoms. The molecule has 0 bridgehead atoms. The third kappa shape index (κ3) is 4.60. The highest BCUT2D eigenvalue weighted by molar-refractivity contribution is 5.94. The van der Waals surface area contributed by atoms with Gasteiger partial charge in [0, 0.05) is 25.0 Å². The van der Waals surface area contributed by atoms with Gasteiger partial charge in [-0.2, -0.15) is 0 Å². The van der Waals surface area contributed by atoms with E-state index >= 15 is 0 Å². The number of hydrogen-bond acceptors (Lipinski definition) is 5. The van der Waals surface area contributed by atoms with E-state index in [2.05, 4.69) is 5.32 Å². The lowest BCUT2D eigenvalue weighted by molar-refractivity contribution is 0.0698. The second kappa shape index (κ2) is 7.52. The average molecular weight is 254 g/mol. The van der Waals surface area contributed by atoms with Crippen molar-refractivity contribution >= 4 is 17.3 Å². The van der Waals surface area contributed by atoms with Crippen LogP contribution in [0.1, 0.15) is 10.4 Å². The number of methoxy groups -OCH3 is 1. The smallest absolute Gasteiger partial charge is 0.337 e. The van der Waals surface area contributed by atoms with Crippen LogP contribution in [0, 0.1) is 0 Å². The molecule has 1 aromatic rings. The SMILES string of the molecule is COCCOCCNc1ccc(C(=O)O)c(N)c1. The van der Waals surface area contributed by atoms with E-state index in [-0.39, 0.29) is 11.3 Å². The molecule has 0 heterocycles. The topological polar surface area (TPSA) is 93.8 Å². The Labute approximate surface area is 106 Å². The van der Waals surface area contributed by atoms with E-state index in [1.165, 1.54) is 6.07 Å². The monoisotopic (exact) mass is 254 g/mol. The van der Waals surface area contributed by atoms with E-state index in [1.54, 1.807) is 19.2 Å². The predicted octanol–water partition coefficient (Wildman–Crippen LogP) is 1.04. The molecule has 0 aliphatic rings. The maximum absolute atomic E-state index is 10.8. The summed E-state index contributed by atoms with van der Waals surface area (Å²) in [6, 6.07) is 4.75. The number of aromatic carboxylic acids is 1. The van der Waals surface area contributed by atoms with E-state index in [0.717, 1.165) is 5.69 Å². The zero-order chi connectivity index (χ0) is 13.4. The van der Waals surface area contributed by atoms with Crippen molar-refractivity contribution in [3.8, 4) is 0 Å². The minimum absolute atomic E-state index is 0.108. The van der Waals surface area contributed by atoms with Crippen LogP contribution in [0.3, 0.4) is 0 Å². The van der Waals surface area contributed by atoms with Gasteiger partial charge in [0.15, 0.2) is 0 Å². The van der Waals surface area contributed by atoms with Crippen molar-refractivity contribution in [1.82, 2.24) is 0 Å². The highest BCUT2D eigenvalue weighted by Gasteiger charge is 2.07. The van der Waals surface area contributed by atoms with Crippen molar-refractivity contribution in [1.29, 1.82) is 0 Å². The van der Waals surface area contributed by atoms with E-state index in [0.29, 0.717) is 26.4 Å². The van der Waals surface area contributed by atoms with Gasteiger partial charge in [-0.3, -0.25) is 0 Å². The number of ether oxygens (including phenoxy) is 2. The molecule has 0 fully saturated rings. The van der Waals surface area contributed by atoms with Crippen LogP contribution in [0.2, 0.25) is 0 Å². The Balaban J connectivity index is 2.35. The molecule has 0 atom stereocenters. The van der Waals surface area contributed by atoms with Gasteiger partial charge in [-0.25, -0.2) is 4.79 Å². The van der Waals surface area contributed by atoms with Gasteiger partial charge in [-0.1, -0.05) is 0 Å². The fourth-order valence-corrected chi connectivity index (χ4v) is 1.38. The molecule has 18 heavy (non-hydrogen) atoms. The summed E-state index contributed by atoms with van der Waals surface area (Å²) in [5.74, 6) is -1.03. The molecule has 0 saturated heterocycles. The summed E-state index contributed by atoms with van der Waals surface area (Å²) in [6.07, 6.45) is 0. The van der Waals surface area contributed by atoms with Crippen LogP contribution in [-0.2, 0) is 9.47 Å². The minimum atomic E-state index is -1.03. The maximum atomic E-state index is 10.8. The van der Waals surface area contributed by atoms with E-state index in [4.69, 9.17) is 20.3 Å². The first-order valence-electron chi connectivity index (χ1n) is 5.58. The van der Waals surface area contributed by atoms with Crippen molar-refractivity contribution in [3.05, 3.63) is 23.8 Å². The van der Waals surface area contributed by atoms with Crippen LogP contribution in [0.5, 0.6) is 0 Å². The van der Waals surface area contributed by atoms with Crippen molar-refractivity contribution in [2.24, 2.45) is 0 Å². The fraction of sp³-hybridized carbons (Fsp3) is 0.417. The highest BCUT2D eigenvalue weighted by atomic mass is 16.5. The Hall–Kier alpha value is -1.79. The van der Waals surface area contributed by atoms with Gasteiger partial charge in [0.2, 0.25) is 0 Å². The Kier molecular flexibility index (Phi) is 5.96. The summed E-state index contributed by atoms with van der Waals surface area (Å²) in [4.78, 5) is 10.8. The Bertz CT molecular complexity index is 396. The van der Waals surface area contributed by atoms with Gasteiger partial charge in [-0.15, -0.1) is 0 Å². The van der Waals surface area contributed by atoms with Gasteiger partial charge in [-0.05, 0) is 18.2 Å². The van der Waals surface area contributed by atoms with Crippen molar-refractivity contribution in [3.63, 3.8) is 0 Å². The molecule has 0 amide bonds. The highest BCUT2D eigenvalue weighted by Crippen LogP contribution is 2.17. The van der Waals surface area contributed by atoms with Gasteiger partial charge in [0.1, 0.15) is 0 Å². The number of nitrogens with two attached hydrogens (primary N) is 1. The van der Waals surface area contributed by atoms with Crippen molar-refractivity contribution < 1.29 is 19.4 Å². The molecular formula is C12H18N2O4. The standard InChI is InChI=1S/C12H18N2O4/c1-17-6-7-18-5-4-14-9-2-3-10(12(15)16)11(13)8-9/h2-3,8,14H,4-7,13H2,1H3,(H,15,16). The van der Waals surface area contributed by atoms with Gasteiger partial charge >= 0.3 is 5.97 Å². The number of nitrogen functional groups attached to an aromatic ring is 1. The van der Waals surface area contributed by atoms with Crippen molar-refractivity contribution in [2.45, 2.75) is 0 Å². The van der Waals surface area contributed by atoms with Crippen LogP contribution in [-0.4, -0.2) is 44.6 Å². The second-order valence-corrected chi connectivity index (χ2v) is 3.64. The zero-order valence-electron chi connectivity index (χ0n) is 10.3. The number of carboxylic acids is 1. The number of hydrogen-bond donors (Lipinski definition) is 3. The van der Waals surface area contributed by atoms with Crippen LogP contribution < -0.4 is 11.1 Å². The van der Waals surface area contributed by atoms with E-state index in [1.807, 2.05) is 0 Å². The lowest BCUT2D eigenvalue weighted by Crippen LogP contribution is -2.12. The summed E-state index contributed by atoms with van der Waals surface area (Å²) >= 11 is 0. The Morgan fingerprint density at radius 2 is 2.17 bits per heavy atom. The molecule has 6 nitrogen and oxygen atoms in total. The minimum Gasteiger partial charge on any atom is -0.478 e. The molecule has 4 N–H and O–H groups in total. The first kappa shape index (κ1) is 14.3.